The SMILES string of the molecule is CCCOCC(O)C(CC)(CC)CC. The number of aliphatic hydroxyl groups is 1. The minimum Gasteiger partial charge on any atom is -0.390 e. The first kappa shape index (κ1) is 13.9. The first-order valence-electron chi connectivity index (χ1n) is 5.92. The van der Waals surface area contributed by atoms with Gasteiger partial charge in [-0.1, -0.05) is 27.7 Å². The van der Waals surface area contributed by atoms with Gasteiger partial charge in [-0.05, 0) is 31.1 Å². The van der Waals surface area contributed by atoms with E-state index in [1.165, 1.54) is 0 Å². The standard InChI is InChI=1S/C12H26O2/c1-5-9-14-10-11(13)12(6-2,7-3)8-4/h11,13H,5-10H2,1-4H3. The highest BCUT2D eigenvalue weighted by atomic mass is 16.5. The van der Waals surface area contributed by atoms with Crippen molar-refractivity contribution in [2.24, 2.45) is 5.41 Å². The van der Waals surface area contributed by atoms with Gasteiger partial charge in [0, 0.05) is 6.61 Å². The third-order valence-electron chi connectivity index (χ3n) is 3.44. The molecular formula is C12H26O2. The van der Waals surface area contributed by atoms with Crippen LogP contribution < -0.4 is 0 Å². The first-order chi connectivity index (χ1) is 6.66. The van der Waals surface area contributed by atoms with Gasteiger partial charge in [0.1, 0.15) is 0 Å². The number of ether oxygens (including phenoxy) is 1. The molecule has 0 spiro atoms. The van der Waals surface area contributed by atoms with E-state index in [1.807, 2.05) is 0 Å². The van der Waals surface area contributed by atoms with Crippen molar-refractivity contribution in [3.8, 4) is 0 Å². The van der Waals surface area contributed by atoms with Crippen LogP contribution in [0, 0.1) is 5.41 Å². The molecule has 0 saturated carbocycles. The maximum Gasteiger partial charge on any atom is 0.0829 e. The lowest BCUT2D eigenvalue weighted by Crippen LogP contribution is -2.37. The maximum absolute atomic E-state index is 10.1. The maximum atomic E-state index is 10.1. The van der Waals surface area contributed by atoms with Crippen LogP contribution in [0.3, 0.4) is 0 Å². The highest BCUT2D eigenvalue weighted by molar-refractivity contribution is 4.82. The quantitative estimate of drug-likeness (QED) is 0.613. The monoisotopic (exact) mass is 202 g/mol. The number of hydrogen-bond acceptors (Lipinski definition) is 2. The van der Waals surface area contributed by atoms with Crippen LogP contribution in [0.15, 0.2) is 0 Å². The summed E-state index contributed by atoms with van der Waals surface area (Å²) in [7, 11) is 0. The summed E-state index contributed by atoms with van der Waals surface area (Å²) in [5.74, 6) is 0. The summed E-state index contributed by atoms with van der Waals surface area (Å²) < 4.78 is 5.41. The Labute approximate surface area is 88.7 Å². The Balaban J connectivity index is 4.07. The third-order valence-corrected chi connectivity index (χ3v) is 3.44. The molecule has 0 aromatic carbocycles. The van der Waals surface area contributed by atoms with Gasteiger partial charge in [-0.15, -0.1) is 0 Å². The second-order valence-corrected chi connectivity index (χ2v) is 4.01. The van der Waals surface area contributed by atoms with Crippen LogP contribution in [-0.2, 0) is 4.74 Å². The fraction of sp³-hybridized carbons (Fsp3) is 1.00. The molecular weight excluding hydrogens is 176 g/mol. The van der Waals surface area contributed by atoms with Crippen molar-refractivity contribution in [3.63, 3.8) is 0 Å². The van der Waals surface area contributed by atoms with Crippen LogP contribution in [0.4, 0.5) is 0 Å². The van der Waals surface area contributed by atoms with Crippen molar-refractivity contribution in [1.29, 1.82) is 0 Å². The summed E-state index contributed by atoms with van der Waals surface area (Å²) in [5.41, 5.74) is 0.0632. The smallest absolute Gasteiger partial charge is 0.0829 e. The number of aliphatic hydroxyl groups excluding tert-OH is 1. The lowest BCUT2D eigenvalue weighted by molar-refractivity contribution is -0.0483. The fourth-order valence-corrected chi connectivity index (χ4v) is 1.97. The van der Waals surface area contributed by atoms with E-state index in [-0.39, 0.29) is 11.5 Å². The zero-order valence-corrected chi connectivity index (χ0v) is 10.2. The molecule has 2 heteroatoms. The molecule has 86 valence electrons. The van der Waals surface area contributed by atoms with Crippen LogP contribution in [0.25, 0.3) is 0 Å². The fourth-order valence-electron chi connectivity index (χ4n) is 1.97. The van der Waals surface area contributed by atoms with Gasteiger partial charge in [0.05, 0.1) is 12.7 Å². The summed E-state index contributed by atoms with van der Waals surface area (Å²) in [5, 5.41) is 10.1. The van der Waals surface area contributed by atoms with E-state index in [2.05, 4.69) is 27.7 Å². The Morgan fingerprint density at radius 1 is 1.07 bits per heavy atom. The van der Waals surface area contributed by atoms with E-state index in [1.54, 1.807) is 0 Å². The molecule has 0 aromatic heterocycles. The van der Waals surface area contributed by atoms with Crippen molar-refractivity contribution in [1.82, 2.24) is 0 Å². The Morgan fingerprint density at radius 2 is 1.57 bits per heavy atom. The number of rotatable bonds is 8. The van der Waals surface area contributed by atoms with Gasteiger partial charge in [-0.25, -0.2) is 0 Å². The zero-order chi connectivity index (χ0) is 11.0. The molecule has 1 N–H and O–H groups in total. The molecule has 0 bridgehead atoms. The Kier molecular flexibility index (Phi) is 7.20. The van der Waals surface area contributed by atoms with Gasteiger partial charge in [0.25, 0.3) is 0 Å². The van der Waals surface area contributed by atoms with Crippen LogP contribution in [0.2, 0.25) is 0 Å². The molecule has 0 aromatic rings. The van der Waals surface area contributed by atoms with Gasteiger partial charge >= 0.3 is 0 Å². The highest BCUT2D eigenvalue weighted by Gasteiger charge is 2.32. The summed E-state index contributed by atoms with van der Waals surface area (Å²) in [4.78, 5) is 0. The molecule has 0 amide bonds. The molecule has 0 aliphatic rings. The van der Waals surface area contributed by atoms with Gasteiger partial charge in [-0.2, -0.15) is 0 Å². The molecule has 1 atom stereocenters. The average Bonchev–Trinajstić information content (AvgIpc) is 2.22. The lowest BCUT2D eigenvalue weighted by Gasteiger charge is -2.35. The molecule has 0 heterocycles. The van der Waals surface area contributed by atoms with Crippen molar-refractivity contribution in [2.75, 3.05) is 13.2 Å². The zero-order valence-electron chi connectivity index (χ0n) is 10.2. The van der Waals surface area contributed by atoms with E-state index in [0.717, 1.165) is 32.3 Å². The molecule has 0 saturated heterocycles. The molecule has 0 fully saturated rings. The minimum atomic E-state index is -0.311. The molecule has 1 unspecified atom stereocenters. The molecule has 2 nitrogen and oxygen atoms in total. The lowest BCUT2D eigenvalue weighted by atomic mass is 9.75. The average molecular weight is 202 g/mol. The van der Waals surface area contributed by atoms with Crippen molar-refractivity contribution in [2.45, 2.75) is 59.5 Å². The van der Waals surface area contributed by atoms with E-state index in [4.69, 9.17) is 4.74 Å². The second kappa shape index (κ2) is 7.24. The third kappa shape index (κ3) is 3.58. The number of hydrogen-bond donors (Lipinski definition) is 1. The summed E-state index contributed by atoms with van der Waals surface area (Å²) in [6, 6.07) is 0. The summed E-state index contributed by atoms with van der Waals surface area (Å²) >= 11 is 0. The Bertz CT molecular complexity index is 122. The molecule has 0 aliphatic heterocycles. The van der Waals surface area contributed by atoms with Crippen molar-refractivity contribution >= 4 is 0 Å². The highest BCUT2D eigenvalue weighted by Crippen LogP contribution is 2.34. The predicted octanol–water partition coefficient (Wildman–Crippen LogP) is 2.99. The predicted molar refractivity (Wildman–Crippen MR) is 60.4 cm³/mol. The summed E-state index contributed by atoms with van der Waals surface area (Å²) in [6.07, 6.45) is 3.78. The molecule has 0 radical (unpaired) electrons. The van der Waals surface area contributed by atoms with Crippen molar-refractivity contribution < 1.29 is 9.84 Å². The molecule has 14 heavy (non-hydrogen) atoms. The van der Waals surface area contributed by atoms with Crippen LogP contribution >= 0.6 is 0 Å². The largest absolute Gasteiger partial charge is 0.390 e. The second-order valence-electron chi connectivity index (χ2n) is 4.01. The van der Waals surface area contributed by atoms with Gasteiger partial charge in [-0.3, -0.25) is 0 Å². The van der Waals surface area contributed by atoms with Crippen LogP contribution in [-0.4, -0.2) is 24.4 Å². The van der Waals surface area contributed by atoms with E-state index in [0.29, 0.717) is 6.61 Å². The van der Waals surface area contributed by atoms with E-state index >= 15 is 0 Å². The van der Waals surface area contributed by atoms with Crippen LogP contribution in [0.5, 0.6) is 0 Å². The van der Waals surface area contributed by atoms with Gasteiger partial charge in [0.15, 0.2) is 0 Å². The van der Waals surface area contributed by atoms with Crippen molar-refractivity contribution in [3.05, 3.63) is 0 Å². The Hall–Kier alpha value is -0.0800. The van der Waals surface area contributed by atoms with E-state index in [9.17, 15) is 5.11 Å². The minimum absolute atomic E-state index is 0.0632. The van der Waals surface area contributed by atoms with Gasteiger partial charge < -0.3 is 9.84 Å². The van der Waals surface area contributed by atoms with E-state index < -0.39 is 0 Å². The Morgan fingerprint density at radius 3 is 1.93 bits per heavy atom. The van der Waals surface area contributed by atoms with Gasteiger partial charge in [0.2, 0.25) is 0 Å². The van der Waals surface area contributed by atoms with Crippen LogP contribution in [0.1, 0.15) is 53.4 Å². The molecule has 0 aliphatic carbocycles. The normalized spacial score (nSPS) is 14.4. The summed E-state index contributed by atoms with van der Waals surface area (Å²) in [6.45, 7) is 9.77. The molecule has 0 rings (SSSR count). The first-order valence-corrected chi connectivity index (χ1v) is 5.92. The topological polar surface area (TPSA) is 29.5 Å².